The van der Waals surface area contributed by atoms with E-state index in [0.717, 1.165) is 5.56 Å². The van der Waals surface area contributed by atoms with Crippen LogP contribution in [0.15, 0.2) is 41.3 Å². The van der Waals surface area contributed by atoms with Gasteiger partial charge in [-0.2, -0.15) is 0 Å². The molecule has 0 bridgehead atoms. The van der Waals surface area contributed by atoms with Crippen molar-refractivity contribution in [2.24, 2.45) is 0 Å². The van der Waals surface area contributed by atoms with Crippen molar-refractivity contribution in [3.63, 3.8) is 0 Å². The van der Waals surface area contributed by atoms with E-state index in [2.05, 4.69) is 10.0 Å². The Kier molecular flexibility index (Phi) is 9.00. The highest BCUT2D eigenvalue weighted by atomic mass is 32.2. The van der Waals surface area contributed by atoms with E-state index in [1.54, 1.807) is 24.3 Å². The van der Waals surface area contributed by atoms with Gasteiger partial charge in [0, 0.05) is 25.1 Å². The zero-order chi connectivity index (χ0) is 25.5. The molecule has 2 aromatic rings. The molecule has 0 fully saturated rings. The van der Waals surface area contributed by atoms with E-state index in [4.69, 9.17) is 9.47 Å². The maximum absolute atomic E-state index is 12.5. The normalized spacial score (nSPS) is 11.7. The minimum absolute atomic E-state index is 0.0761. The predicted molar refractivity (Wildman–Crippen MR) is 128 cm³/mol. The predicted octanol–water partition coefficient (Wildman–Crippen LogP) is 2.94. The summed E-state index contributed by atoms with van der Waals surface area (Å²) in [5.74, 6) is 0.204. The molecule has 0 unspecified atom stereocenters. The fraction of sp³-hybridized carbons (Fsp3) is 0.435. The lowest BCUT2D eigenvalue weighted by Crippen LogP contribution is -2.31. The van der Waals surface area contributed by atoms with E-state index in [1.165, 1.54) is 26.4 Å². The monoisotopic (exact) mass is 493 g/mol. The minimum atomic E-state index is -3.74. The second-order valence-corrected chi connectivity index (χ2v) is 10.4. The van der Waals surface area contributed by atoms with Gasteiger partial charge < -0.3 is 14.8 Å². The Morgan fingerprint density at radius 3 is 2.15 bits per heavy atom. The number of amides is 1. The van der Waals surface area contributed by atoms with Gasteiger partial charge in [0.2, 0.25) is 15.9 Å². The molecule has 2 aromatic carbocycles. The first-order valence-corrected chi connectivity index (χ1v) is 12.1. The third kappa shape index (κ3) is 7.16. The summed E-state index contributed by atoms with van der Waals surface area (Å²) in [4.78, 5) is 23.1. The van der Waals surface area contributed by atoms with E-state index in [-0.39, 0.29) is 53.6 Å². The Balaban J connectivity index is 1.89. The van der Waals surface area contributed by atoms with E-state index >= 15 is 0 Å². The molecule has 186 valence electrons. The summed E-state index contributed by atoms with van der Waals surface area (Å²) < 4.78 is 37.6. The minimum Gasteiger partial charge on any atom is -0.493 e. The van der Waals surface area contributed by atoms with Crippen LogP contribution in [0.5, 0.6) is 11.5 Å². The van der Waals surface area contributed by atoms with Crippen molar-refractivity contribution >= 4 is 21.6 Å². The van der Waals surface area contributed by atoms with Gasteiger partial charge in [-0.3, -0.25) is 14.9 Å². The molecule has 10 nitrogen and oxygen atoms in total. The van der Waals surface area contributed by atoms with Gasteiger partial charge in [0.15, 0.2) is 11.5 Å². The van der Waals surface area contributed by atoms with Crippen molar-refractivity contribution in [2.75, 3.05) is 27.3 Å². The molecule has 0 saturated carbocycles. The number of benzene rings is 2. The van der Waals surface area contributed by atoms with Crippen LogP contribution in [0.4, 0.5) is 5.69 Å². The second-order valence-electron chi connectivity index (χ2n) is 8.62. The molecule has 1 amide bonds. The Labute approximate surface area is 199 Å². The molecule has 0 heterocycles. The highest BCUT2D eigenvalue weighted by molar-refractivity contribution is 7.89. The summed E-state index contributed by atoms with van der Waals surface area (Å²) in [7, 11) is -0.931. The summed E-state index contributed by atoms with van der Waals surface area (Å²) in [6.45, 7) is 6.17. The lowest BCUT2D eigenvalue weighted by atomic mass is 9.87. The number of carbonyl (C=O) groups is 1. The van der Waals surface area contributed by atoms with Crippen molar-refractivity contribution in [2.45, 2.75) is 43.9 Å². The Morgan fingerprint density at radius 1 is 1.03 bits per heavy atom. The number of ether oxygens (including phenoxy) is 2. The van der Waals surface area contributed by atoms with Crippen LogP contribution in [-0.4, -0.2) is 46.6 Å². The molecule has 11 heteroatoms. The van der Waals surface area contributed by atoms with Crippen LogP contribution in [0.25, 0.3) is 0 Å². The first-order valence-electron chi connectivity index (χ1n) is 10.6. The third-order valence-corrected chi connectivity index (χ3v) is 6.65. The molecule has 2 rings (SSSR count). The Hall–Kier alpha value is -3.18. The number of hydrogen-bond acceptors (Lipinski definition) is 7. The summed E-state index contributed by atoms with van der Waals surface area (Å²) in [5.41, 5.74) is 1.16. The lowest BCUT2D eigenvalue weighted by molar-refractivity contribution is -0.385. The van der Waals surface area contributed by atoms with E-state index in [9.17, 15) is 23.3 Å². The SMILES string of the molecule is COc1cc(CCNC(=O)CCNS(=O)(=O)c2ccc(C(C)(C)C)cc2)c([N+](=O)[O-])cc1OC. The number of nitrogens with zero attached hydrogens (tertiary/aromatic N) is 1. The van der Waals surface area contributed by atoms with Crippen LogP contribution in [-0.2, 0) is 26.7 Å². The maximum Gasteiger partial charge on any atom is 0.276 e. The Morgan fingerprint density at radius 2 is 1.62 bits per heavy atom. The van der Waals surface area contributed by atoms with Crippen LogP contribution in [0.3, 0.4) is 0 Å². The van der Waals surface area contributed by atoms with Crippen molar-refractivity contribution < 1.29 is 27.6 Å². The van der Waals surface area contributed by atoms with E-state index < -0.39 is 14.9 Å². The van der Waals surface area contributed by atoms with Crippen LogP contribution in [0, 0.1) is 10.1 Å². The zero-order valence-corrected chi connectivity index (χ0v) is 20.8. The smallest absolute Gasteiger partial charge is 0.276 e. The molecule has 0 spiro atoms. The molecule has 0 aliphatic rings. The highest BCUT2D eigenvalue weighted by Crippen LogP contribution is 2.34. The van der Waals surface area contributed by atoms with Gasteiger partial charge in [0.1, 0.15) is 0 Å². The van der Waals surface area contributed by atoms with Crippen molar-refractivity contribution in [1.82, 2.24) is 10.0 Å². The van der Waals surface area contributed by atoms with Crippen LogP contribution < -0.4 is 19.5 Å². The largest absolute Gasteiger partial charge is 0.493 e. The lowest BCUT2D eigenvalue weighted by Gasteiger charge is -2.19. The first kappa shape index (κ1) is 27.1. The molecule has 0 aliphatic heterocycles. The van der Waals surface area contributed by atoms with E-state index in [0.29, 0.717) is 11.3 Å². The quantitative estimate of drug-likeness (QED) is 0.363. The number of rotatable bonds is 11. The molecular weight excluding hydrogens is 462 g/mol. The average Bonchev–Trinajstić information content (AvgIpc) is 2.77. The van der Waals surface area contributed by atoms with Gasteiger partial charge in [-0.05, 0) is 35.6 Å². The third-order valence-electron chi connectivity index (χ3n) is 5.17. The van der Waals surface area contributed by atoms with Crippen molar-refractivity contribution in [3.05, 3.63) is 57.6 Å². The van der Waals surface area contributed by atoms with Gasteiger partial charge in [-0.25, -0.2) is 13.1 Å². The fourth-order valence-electron chi connectivity index (χ4n) is 3.22. The zero-order valence-electron chi connectivity index (χ0n) is 20.0. The molecule has 0 aromatic heterocycles. The van der Waals surface area contributed by atoms with Crippen molar-refractivity contribution in [3.8, 4) is 11.5 Å². The maximum atomic E-state index is 12.5. The molecule has 0 radical (unpaired) electrons. The molecule has 0 atom stereocenters. The number of sulfonamides is 1. The van der Waals surface area contributed by atoms with Crippen molar-refractivity contribution in [1.29, 1.82) is 0 Å². The molecule has 34 heavy (non-hydrogen) atoms. The number of hydrogen-bond donors (Lipinski definition) is 2. The number of nitrogens with one attached hydrogen (secondary N) is 2. The number of nitro groups is 1. The number of carbonyl (C=O) groups excluding carboxylic acids is 1. The Bertz CT molecular complexity index is 1120. The standard InChI is InChI=1S/C23H31N3O7S/c1-23(2,3)17-6-8-18(9-7-17)34(30,31)25-13-11-22(27)24-12-10-16-14-20(32-4)21(33-5)15-19(16)26(28)29/h6-9,14-15,25H,10-13H2,1-5H3,(H,24,27). The first-order chi connectivity index (χ1) is 15.9. The average molecular weight is 494 g/mol. The second kappa shape index (κ2) is 11.3. The number of methoxy groups -OCH3 is 2. The van der Waals surface area contributed by atoms with Gasteiger partial charge in [-0.15, -0.1) is 0 Å². The van der Waals surface area contributed by atoms with E-state index in [1.807, 2.05) is 20.8 Å². The van der Waals surface area contributed by atoms with Gasteiger partial charge in [0.05, 0.1) is 30.1 Å². The molecular formula is C23H31N3O7S. The highest BCUT2D eigenvalue weighted by Gasteiger charge is 2.20. The summed E-state index contributed by atoms with van der Waals surface area (Å²) >= 11 is 0. The van der Waals surface area contributed by atoms with Crippen LogP contribution >= 0.6 is 0 Å². The molecule has 2 N–H and O–H groups in total. The topological polar surface area (TPSA) is 137 Å². The molecule has 0 aliphatic carbocycles. The van der Waals surface area contributed by atoms with Crippen LogP contribution in [0.2, 0.25) is 0 Å². The van der Waals surface area contributed by atoms with Gasteiger partial charge in [0.25, 0.3) is 5.69 Å². The van der Waals surface area contributed by atoms with Gasteiger partial charge in [-0.1, -0.05) is 32.9 Å². The summed E-state index contributed by atoms with van der Waals surface area (Å²) in [6.07, 6.45) is 0.113. The van der Waals surface area contributed by atoms with Gasteiger partial charge >= 0.3 is 0 Å². The number of nitro benzene ring substituents is 1. The molecule has 0 saturated heterocycles. The van der Waals surface area contributed by atoms with Crippen LogP contribution in [0.1, 0.15) is 38.3 Å². The summed E-state index contributed by atoms with van der Waals surface area (Å²) in [6, 6.07) is 9.41. The fourth-order valence-corrected chi connectivity index (χ4v) is 4.25. The summed E-state index contributed by atoms with van der Waals surface area (Å²) in [5, 5.41) is 14.0.